The van der Waals surface area contributed by atoms with E-state index in [9.17, 15) is 0 Å². The lowest BCUT2D eigenvalue weighted by atomic mass is 10.4. The molecule has 0 saturated carbocycles. The highest BCUT2D eigenvalue weighted by Gasteiger charge is 2.45. The zero-order chi connectivity index (χ0) is 6.04. The highest BCUT2D eigenvalue weighted by atomic mass is 16.8. The van der Waals surface area contributed by atoms with Crippen LogP contribution < -0.4 is 0 Å². The molecule has 1 rings (SSSR count). The van der Waals surface area contributed by atoms with Crippen LogP contribution in [0.15, 0.2) is 0 Å². The van der Waals surface area contributed by atoms with Gasteiger partial charge in [-0.25, -0.2) is 0 Å². The molecule has 1 heterocycles. The summed E-state index contributed by atoms with van der Waals surface area (Å²) in [5.41, 5.74) is 0. The Morgan fingerprint density at radius 2 is 2.50 bits per heavy atom. The van der Waals surface area contributed by atoms with Crippen LogP contribution in [0.5, 0.6) is 0 Å². The van der Waals surface area contributed by atoms with E-state index in [1.165, 1.54) is 0 Å². The number of hydrogen-bond donors (Lipinski definition) is 1. The molecule has 0 aromatic heterocycles. The number of hydrogen-bond acceptors (Lipinski definition) is 3. The molecule has 3 heteroatoms. The molecular weight excluding hydrogens is 108 g/mol. The van der Waals surface area contributed by atoms with Gasteiger partial charge in [0.2, 0.25) is 5.79 Å². The molecule has 48 valence electrons. The van der Waals surface area contributed by atoms with Crippen LogP contribution in [0, 0.1) is 0 Å². The third kappa shape index (κ3) is 0.992. The van der Waals surface area contributed by atoms with Crippen LogP contribution in [0.3, 0.4) is 0 Å². The van der Waals surface area contributed by atoms with Gasteiger partial charge in [0.25, 0.3) is 0 Å². The monoisotopic (exact) mass is 118 g/mol. The van der Waals surface area contributed by atoms with Gasteiger partial charge in [-0.3, -0.25) is 0 Å². The number of rotatable bonds is 3. The van der Waals surface area contributed by atoms with Crippen molar-refractivity contribution in [3.05, 3.63) is 0 Å². The van der Waals surface area contributed by atoms with E-state index in [1.54, 1.807) is 0 Å². The second-order valence-corrected chi connectivity index (χ2v) is 1.79. The minimum atomic E-state index is -0.602. The maximum Gasteiger partial charge on any atom is 0.216 e. The van der Waals surface area contributed by atoms with E-state index in [4.69, 9.17) is 14.6 Å². The minimum absolute atomic E-state index is 0.0269. The van der Waals surface area contributed by atoms with Gasteiger partial charge in [-0.2, -0.15) is 0 Å². The fraction of sp³-hybridized carbons (Fsp3) is 1.00. The maximum absolute atomic E-state index is 8.54. The summed E-state index contributed by atoms with van der Waals surface area (Å²) in [5.74, 6) is -0.602. The first-order valence-electron chi connectivity index (χ1n) is 2.72. The van der Waals surface area contributed by atoms with Crippen LogP contribution in [0.2, 0.25) is 0 Å². The molecular formula is C5H10O3. The average molecular weight is 118 g/mol. The third-order valence-electron chi connectivity index (χ3n) is 1.11. The number of epoxide rings is 1. The Labute approximate surface area is 48.2 Å². The van der Waals surface area contributed by atoms with E-state index in [2.05, 4.69) is 0 Å². The molecule has 1 atom stereocenters. The van der Waals surface area contributed by atoms with Gasteiger partial charge >= 0.3 is 0 Å². The Bertz CT molecular complexity index is 77.7. The topological polar surface area (TPSA) is 42.0 Å². The van der Waals surface area contributed by atoms with E-state index in [0.29, 0.717) is 13.2 Å². The largest absolute Gasteiger partial charge is 0.391 e. The quantitative estimate of drug-likeness (QED) is 0.519. The van der Waals surface area contributed by atoms with E-state index < -0.39 is 5.79 Å². The Hall–Kier alpha value is -0.120. The van der Waals surface area contributed by atoms with Crippen LogP contribution in [-0.4, -0.2) is 30.7 Å². The normalized spacial score (nSPS) is 35.2. The van der Waals surface area contributed by atoms with E-state index >= 15 is 0 Å². The van der Waals surface area contributed by atoms with Crippen molar-refractivity contribution in [1.29, 1.82) is 0 Å². The molecule has 1 aliphatic rings. The van der Waals surface area contributed by atoms with Gasteiger partial charge in [0.05, 0.1) is 6.61 Å². The fourth-order valence-corrected chi connectivity index (χ4v) is 0.564. The number of aliphatic hydroxyl groups excluding tert-OH is 1. The van der Waals surface area contributed by atoms with Gasteiger partial charge in [-0.1, -0.05) is 0 Å². The van der Waals surface area contributed by atoms with E-state index in [1.807, 2.05) is 6.92 Å². The molecule has 0 bridgehead atoms. The van der Waals surface area contributed by atoms with E-state index in [0.717, 1.165) is 0 Å². The predicted octanol–water partition coefficient (Wildman–Crippen LogP) is -0.258. The molecule has 1 fully saturated rings. The van der Waals surface area contributed by atoms with Crippen LogP contribution in [-0.2, 0) is 9.47 Å². The number of ether oxygens (including phenoxy) is 2. The molecule has 1 aliphatic heterocycles. The Morgan fingerprint density at radius 1 is 1.88 bits per heavy atom. The molecule has 0 amide bonds. The average Bonchev–Trinajstić information content (AvgIpc) is 2.50. The Morgan fingerprint density at radius 3 is 2.62 bits per heavy atom. The first-order valence-corrected chi connectivity index (χ1v) is 2.72. The van der Waals surface area contributed by atoms with Crippen LogP contribution >= 0.6 is 0 Å². The predicted molar refractivity (Wildman–Crippen MR) is 27.4 cm³/mol. The Balaban J connectivity index is 2.20. The fourth-order valence-electron chi connectivity index (χ4n) is 0.564. The van der Waals surface area contributed by atoms with Crippen molar-refractivity contribution in [2.45, 2.75) is 12.7 Å². The van der Waals surface area contributed by atoms with Crippen molar-refractivity contribution in [3.63, 3.8) is 0 Å². The molecule has 0 aromatic carbocycles. The lowest BCUT2D eigenvalue weighted by molar-refractivity contribution is -0.0701. The summed E-state index contributed by atoms with van der Waals surface area (Å²) in [4.78, 5) is 0. The lowest BCUT2D eigenvalue weighted by Crippen LogP contribution is -2.20. The van der Waals surface area contributed by atoms with Crippen LogP contribution in [0.4, 0.5) is 0 Å². The smallest absolute Gasteiger partial charge is 0.216 e. The van der Waals surface area contributed by atoms with Crippen LogP contribution in [0.25, 0.3) is 0 Å². The molecule has 1 N–H and O–H groups in total. The maximum atomic E-state index is 8.54. The van der Waals surface area contributed by atoms with Crippen molar-refractivity contribution >= 4 is 0 Å². The molecule has 1 saturated heterocycles. The van der Waals surface area contributed by atoms with Crippen molar-refractivity contribution in [1.82, 2.24) is 0 Å². The third-order valence-corrected chi connectivity index (χ3v) is 1.11. The van der Waals surface area contributed by atoms with Crippen molar-refractivity contribution in [3.8, 4) is 0 Å². The SMILES string of the molecule is CCO[C@@]1(CO)CO1. The Kier molecular flexibility index (Phi) is 1.51. The standard InChI is InChI=1S/C5H10O3/c1-2-7-5(3-6)4-8-5/h6H,2-4H2,1H3/t5-/m1/s1. The molecule has 0 radical (unpaired) electrons. The van der Waals surface area contributed by atoms with Gasteiger partial charge < -0.3 is 14.6 Å². The molecule has 0 unspecified atom stereocenters. The van der Waals surface area contributed by atoms with Gasteiger partial charge in [-0.15, -0.1) is 0 Å². The summed E-state index contributed by atoms with van der Waals surface area (Å²) in [6.07, 6.45) is 0. The number of aliphatic hydroxyl groups is 1. The summed E-state index contributed by atoms with van der Waals surface area (Å²) < 4.78 is 9.83. The molecule has 8 heavy (non-hydrogen) atoms. The van der Waals surface area contributed by atoms with Crippen molar-refractivity contribution in [2.75, 3.05) is 19.8 Å². The highest BCUT2D eigenvalue weighted by Crippen LogP contribution is 2.26. The van der Waals surface area contributed by atoms with Crippen LogP contribution in [0.1, 0.15) is 6.92 Å². The second kappa shape index (κ2) is 2.01. The van der Waals surface area contributed by atoms with Gasteiger partial charge in [0, 0.05) is 6.61 Å². The van der Waals surface area contributed by atoms with Crippen molar-refractivity contribution in [2.24, 2.45) is 0 Å². The second-order valence-electron chi connectivity index (χ2n) is 1.79. The summed E-state index contributed by atoms with van der Waals surface area (Å²) in [5, 5.41) is 8.54. The first-order chi connectivity index (χ1) is 3.83. The summed E-state index contributed by atoms with van der Waals surface area (Å²) in [6.45, 7) is 2.98. The summed E-state index contributed by atoms with van der Waals surface area (Å²) in [7, 11) is 0. The minimum Gasteiger partial charge on any atom is -0.391 e. The summed E-state index contributed by atoms with van der Waals surface area (Å²) in [6, 6.07) is 0. The zero-order valence-electron chi connectivity index (χ0n) is 4.89. The molecule has 0 spiro atoms. The van der Waals surface area contributed by atoms with Gasteiger partial charge in [-0.05, 0) is 6.92 Å². The molecule has 0 aromatic rings. The van der Waals surface area contributed by atoms with Gasteiger partial charge in [0.15, 0.2) is 0 Å². The summed E-state index contributed by atoms with van der Waals surface area (Å²) >= 11 is 0. The highest BCUT2D eigenvalue weighted by molar-refractivity contribution is 4.80. The van der Waals surface area contributed by atoms with Crippen molar-refractivity contribution < 1.29 is 14.6 Å². The molecule has 3 nitrogen and oxygen atoms in total. The molecule has 0 aliphatic carbocycles. The lowest BCUT2D eigenvalue weighted by Gasteiger charge is -2.05. The van der Waals surface area contributed by atoms with Gasteiger partial charge in [0.1, 0.15) is 6.61 Å². The van der Waals surface area contributed by atoms with E-state index in [-0.39, 0.29) is 6.61 Å². The first kappa shape index (κ1) is 6.01. The zero-order valence-corrected chi connectivity index (χ0v) is 4.89.